The number of benzene rings is 1. The lowest BCUT2D eigenvalue weighted by atomic mass is 10.00. The molecule has 0 atom stereocenters. The molecule has 0 aromatic heterocycles. The molecule has 1 N–H and O–H groups in total. The summed E-state index contributed by atoms with van der Waals surface area (Å²) in [6, 6.07) is 5.19. The second-order valence-electron chi connectivity index (χ2n) is 9.66. The molecule has 9 nitrogen and oxygen atoms in total. The molecule has 2 aliphatic rings. The molecule has 0 aliphatic carbocycles. The number of piperazine rings is 1. The molecule has 3 rings (SSSR count). The Kier molecular flexibility index (Phi) is 10.3. The van der Waals surface area contributed by atoms with Crippen molar-refractivity contribution < 1.29 is 17.9 Å². The van der Waals surface area contributed by atoms with Crippen LogP contribution in [0.4, 0.5) is 5.69 Å². The summed E-state index contributed by atoms with van der Waals surface area (Å²) < 4.78 is 33.5. The average Bonchev–Trinajstić information content (AvgIpc) is 2.89. The van der Waals surface area contributed by atoms with E-state index in [0.717, 1.165) is 45.6 Å². The zero-order valence-corrected chi connectivity index (χ0v) is 23.2. The highest BCUT2D eigenvalue weighted by molar-refractivity contribution is 7.89. The first-order chi connectivity index (χ1) is 17.7. The fourth-order valence-corrected chi connectivity index (χ4v) is 5.77. The average molecular weight is 532 g/mol. The van der Waals surface area contributed by atoms with Crippen LogP contribution in [0, 0.1) is 0 Å². The predicted octanol–water partition coefficient (Wildman–Crippen LogP) is 1.95. The molecule has 1 fully saturated rings. The molecule has 204 valence electrons. The molecule has 1 aromatic carbocycles. The Balaban J connectivity index is 1.58. The number of anilines is 1. The summed E-state index contributed by atoms with van der Waals surface area (Å²) in [5, 5.41) is 2.89. The van der Waals surface area contributed by atoms with Crippen LogP contribution in [0.5, 0.6) is 5.75 Å². The third kappa shape index (κ3) is 7.44. The number of ether oxygens (including phenoxy) is 1. The van der Waals surface area contributed by atoms with E-state index < -0.39 is 10.0 Å². The van der Waals surface area contributed by atoms with Gasteiger partial charge in [0.1, 0.15) is 10.6 Å². The molecule has 0 radical (unpaired) electrons. The first-order valence-corrected chi connectivity index (χ1v) is 14.2. The molecule has 2 aliphatic heterocycles. The fourth-order valence-electron chi connectivity index (χ4n) is 4.56. The van der Waals surface area contributed by atoms with Crippen LogP contribution in [0.3, 0.4) is 0 Å². The van der Waals surface area contributed by atoms with E-state index in [0.29, 0.717) is 25.3 Å². The number of nitrogens with one attached hydrogen (secondary N) is 1. The zero-order chi connectivity index (χ0) is 27.0. The van der Waals surface area contributed by atoms with Crippen LogP contribution in [0.25, 0.3) is 0 Å². The maximum absolute atomic E-state index is 13.3. The molecule has 10 heteroatoms. The number of allylic oxidation sites excluding steroid dienone is 1. The predicted molar refractivity (Wildman–Crippen MR) is 149 cm³/mol. The van der Waals surface area contributed by atoms with Crippen molar-refractivity contribution in [2.24, 2.45) is 0 Å². The van der Waals surface area contributed by atoms with E-state index in [2.05, 4.69) is 33.2 Å². The number of sulfonamides is 1. The van der Waals surface area contributed by atoms with Crippen molar-refractivity contribution in [2.75, 3.05) is 85.0 Å². The van der Waals surface area contributed by atoms with E-state index in [-0.39, 0.29) is 23.2 Å². The minimum absolute atomic E-state index is 0.104. The molecule has 0 unspecified atom stereocenters. The van der Waals surface area contributed by atoms with Crippen LogP contribution < -0.4 is 15.0 Å². The quantitative estimate of drug-likeness (QED) is 0.413. The molecular weight excluding hydrogens is 490 g/mol. The highest BCUT2D eigenvalue weighted by Gasteiger charge is 2.30. The van der Waals surface area contributed by atoms with Gasteiger partial charge in [-0.05, 0) is 43.2 Å². The summed E-state index contributed by atoms with van der Waals surface area (Å²) in [6.45, 7) is 13.8. The van der Waals surface area contributed by atoms with Gasteiger partial charge in [0.15, 0.2) is 6.61 Å². The lowest BCUT2D eigenvalue weighted by molar-refractivity contribution is -0.123. The summed E-state index contributed by atoms with van der Waals surface area (Å²) in [5.41, 5.74) is 3.07. The molecule has 2 heterocycles. The Morgan fingerprint density at radius 1 is 1.11 bits per heavy atom. The van der Waals surface area contributed by atoms with Gasteiger partial charge in [0.2, 0.25) is 10.0 Å². The number of hydrogen-bond acceptors (Lipinski definition) is 7. The number of nitrogens with zero attached hydrogens (tertiary/aromatic N) is 4. The standard InChI is InChI=1S/C27H41N5O4S/c1-6-22-12-15-31(20-23(22)7-2)14-9-13-28-26(33)21-36-25-11-8-10-24(27(25)37(34,35)29(3)4)32-18-16-30(5)17-19-32/h6-8,10-11H,1-2,9,12-21H2,3-5H3,(H,28,33). The van der Waals surface area contributed by atoms with Crippen LogP contribution in [0.1, 0.15) is 12.8 Å². The SMILES string of the molecule is C=CC1=C(C=C)CN(CCCNC(=O)COc2cccc(N3CCN(C)CC3)c2S(=O)(=O)N(C)C)CC1. The molecule has 0 saturated carbocycles. The Morgan fingerprint density at radius 3 is 2.46 bits per heavy atom. The smallest absolute Gasteiger partial charge is 0.257 e. The van der Waals surface area contributed by atoms with Gasteiger partial charge in [0, 0.05) is 66.5 Å². The van der Waals surface area contributed by atoms with Crippen LogP contribution >= 0.6 is 0 Å². The van der Waals surface area contributed by atoms with Crippen molar-refractivity contribution >= 4 is 21.6 Å². The van der Waals surface area contributed by atoms with Crippen LogP contribution in [-0.4, -0.2) is 109 Å². The second kappa shape index (κ2) is 13.2. The Labute approximate surface area is 222 Å². The van der Waals surface area contributed by atoms with Gasteiger partial charge in [0.05, 0.1) is 5.69 Å². The molecule has 1 saturated heterocycles. The summed E-state index contributed by atoms with van der Waals surface area (Å²) in [6.07, 6.45) is 5.56. The van der Waals surface area contributed by atoms with Gasteiger partial charge in [-0.25, -0.2) is 12.7 Å². The van der Waals surface area contributed by atoms with Gasteiger partial charge < -0.3 is 19.9 Å². The number of carbonyl (C=O) groups is 1. The van der Waals surface area contributed by atoms with Gasteiger partial charge in [-0.2, -0.15) is 0 Å². The topological polar surface area (TPSA) is 85.4 Å². The third-order valence-corrected chi connectivity index (χ3v) is 8.76. The number of likely N-dealkylation sites (N-methyl/N-ethyl adjacent to an activating group) is 1. The molecular formula is C27H41N5O4S. The van der Waals surface area contributed by atoms with E-state index in [9.17, 15) is 13.2 Å². The summed E-state index contributed by atoms with van der Waals surface area (Å²) in [5.74, 6) is -0.0900. The van der Waals surface area contributed by atoms with E-state index in [1.807, 2.05) is 19.2 Å². The minimum atomic E-state index is -3.80. The molecule has 0 bridgehead atoms. The molecule has 1 amide bonds. The number of hydrogen-bond donors (Lipinski definition) is 1. The van der Waals surface area contributed by atoms with Gasteiger partial charge in [-0.1, -0.05) is 31.4 Å². The first kappa shape index (κ1) is 28.9. The van der Waals surface area contributed by atoms with Crippen molar-refractivity contribution in [3.05, 3.63) is 54.7 Å². The van der Waals surface area contributed by atoms with Crippen molar-refractivity contribution in [1.29, 1.82) is 0 Å². The van der Waals surface area contributed by atoms with E-state index in [1.165, 1.54) is 29.5 Å². The lowest BCUT2D eigenvalue weighted by Crippen LogP contribution is -2.45. The summed E-state index contributed by atoms with van der Waals surface area (Å²) in [7, 11) is 1.26. The van der Waals surface area contributed by atoms with Crippen molar-refractivity contribution in [2.45, 2.75) is 17.7 Å². The molecule has 1 aromatic rings. The summed E-state index contributed by atoms with van der Waals surface area (Å²) in [4.78, 5) is 19.2. The lowest BCUT2D eigenvalue weighted by Gasteiger charge is -2.35. The monoisotopic (exact) mass is 531 g/mol. The van der Waals surface area contributed by atoms with Crippen LogP contribution in [0.2, 0.25) is 0 Å². The van der Waals surface area contributed by atoms with E-state index >= 15 is 0 Å². The highest BCUT2D eigenvalue weighted by Crippen LogP contribution is 2.36. The minimum Gasteiger partial charge on any atom is -0.482 e. The third-order valence-electron chi connectivity index (χ3n) is 6.87. The van der Waals surface area contributed by atoms with E-state index in [1.54, 1.807) is 18.2 Å². The Bertz CT molecular complexity index is 1110. The van der Waals surface area contributed by atoms with Gasteiger partial charge >= 0.3 is 0 Å². The molecule has 0 spiro atoms. The highest BCUT2D eigenvalue weighted by atomic mass is 32.2. The normalized spacial score (nSPS) is 17.7. The van der Waals surface area contributed by atoms with Crippen LogP contribution in [0.15, 0.2) is 59.6 Å². The Morgan fingerprint density at radius 2 is 1.81 bits per heavy atom. The van der Waals surface area contributed by atoms with Gasteiger partial charge in [0.25, 0.3) is 5.91 Å². The van der Waals surface area contributed by atoms with Crippen molar-refractivity contribution in [3.8, 4) is 5.75 Å². The van der Waals surface area contributed by atoms with Gasteiger partial charge in [-0.15, -0.1) is 0 Å². The van der Waals surface area contributed by atoms with E-state index in [4.69, 9.17) is 4.74 Å². The largest absolute Gasteiger partial charge is 0.482 e. The number of amides is 1. The summed E-state index contributed by atoms with van der Waals surface area (Å²) >= 11 is 0. The second-order valence-corrected chi connectivity index (χ2v) is 11.7. The number of carbonyl (C=O) groups excluding carboxylic acids is 1. The number of rotatable bonds is 12. The van der Waals surface area contributed by atoms with Crippen LogP contribution in [-0.2, 0) is 14.8 Å². The Hall–Kier alpha value is -2.66. The van der Waals surface area contributed by atoms with Crippen molar-refractivity contribution in [3.63, 3.8) is 0 Å². The van der Waals surface area contributed by atoms with Gasteiger partial charge in [-0.3, -0.25) is 9.69 Å². The van der Waals surface area contributed by atoms with Crippen molar-refractivity contribution in [1.82, 2.24) is 19.4 Å². The molecule has 37 heavy (non-hydrogen) atoms. The maximum atomic E-state index is 13.3. The maximum Gasteiger partial charge on any atom is 0.257 e. The fraction of sp³-hybridized carbons (Fsp3) is 0.519. The zero-order valence-electron chi connectivity index (χ0n) is 22.4. The first-order valence-electron chi connectivity index (χ1n) is 12.7.